The van der Waals surface area contributed by atoms with E-state index in [0.717, 1.165) is 77.0 Å². The van der Waals surface area contributed by atoms with E-state index in [1.54, 1.807) is 0 Å². The van der Waals surface area contributed by atoms with Crippen LogP contribution in [0.4, 0.5) is 0 Å². The Morgan fingerprint density at radius 2 is 0.859 bits per heavy atom. The Bertz CT molecular complexity index is 1220. The third-order valence-electron chi connectivity index (χ3n) is 12.1. The van der Waals surface area contributed by atoms with Crippen molar-refractivity contribution in [2.75, 3.05) is 6.61 Å². The number of esters is 2. The largest absolute Gasteiger partial charge is 0.472 e. The van der Waals surface area contributed by atoms with Crippen LogP contribution >= 0.6 is 7.82 Å². The monoisotopic (exact) mass is 938 g/mol. The average molecular weight is 938 g/mol. The van der Waals surface area contributed by atoms with Gasteiger partial charge in [-0.15, -0.1) is 0 Å². The second-order valence-electron chi connectivity index (χ2n) is 18.2. The molecule has 0 aromatic heterocycles. The molecule has 0 radical (unpaired) electrons. The van der Waals surface area contributed by atoms with E-state index in [4.69, 9.17) is 18.7 Å². The van der Waals surface area contributed by atoms with Gasteiger partial charge in [0.2, 0.25) is 5.91 Å². The summed E-state index contributed by atoms with van der Waals surface area (Å²) in [6, 6.07) is -1.70. The van der Waals surface area contributed by atoms with Crippen LogP contribution in [0.3, 0.4) is 0 Å². The van der Waals surface area contributed by atoms with Gasteiger partial charge in [-0.05, 0) is 19.3 Å². The summed E-state index contributed by atoms with van der Waals surface area (Å²) < 4.78 is 34.3. The number of phosphoric ester groups is 1. The predicted octanol–water partition coefficient (Wildman–Crippen LogP) is 9.14. The molecule has 1 fully saturated rings. The average Bonchev–Trinajstić information content (AvgIpc) is 3.23. The third kappa shape index (κ3) is 31.3. The summed E-state index contributed by atoms with van der Waals surface area (Å²) in [4.78, 5) is 59.9. The molecule has 0 saturated carbocycles. The van der Waals surface area contributed by atoms with Gasteiger partial charge in [-0.3, -0.25) is 18.9 Å². The maximum Gasteiger partial charge on any atom is 0.472 e. The number of amides is 1. The summed E-state index contributed by atoms with van der Waals surface area (Å²) in [5, 5.41) is 45.2. The highest BCUT2D eigenvalue weighted by Gasteiger charge is 2.53. The van der Waals surface area contributed by atoms with Crippen LogP contribution in [0.5, 0.6) is 0 Å². The van der Waals surface area contributed by atoms with Crippen molar-refractivity contribution in [3.8, 4) is 0 Å². The molecule has 8 atom stereocenters. The minimum Gasteiger partial charge on any atom is -0.456 e. The molecule has 1 aliphatic rings. The summed E-state index contributed by atoms with van der Waals surface area (Å²) in [6.07, 6.45) is 18.6. The van der Waals surface area contributed by atoms with E-state index in [-0.39, 0.29) is 0 Å². The quantitative estimate of drug-likeness (QED) is 0.0172. The molecule has 16 heteroatoms. The topological polar surface area (TPSA) is 239 Å². The SMILES string of the molecule is CCCCCCCCCCC[C@@H](O)CC(=O)N[C@H]1[C@@H](OP(=O)(O)O)O[C@H](CO)[C@@H](OC(=O)C[C@H](O)CCCCCCCCCCC)[C@@H]1OC(=O)C[C@H](O)CCCCCCCCCCC. The van der Waals surface area contributed by atoms with Gasteiger partial charge in [0.05, 0.1) is 44.2 Å². The van der Waals surface area contributed by atoms with Gasteiger partial charge >= 0.3 is 19.8 Å². The predicted molar refractivity (Wildman–Crippen MR) is 248 cm³/mol. The fourth-order valence-electron chi connectivity index (χ4n) is 8.33. The fourth-order valence-corrected chi connectivity index (χ4v) is 8.78. The van der Waals surface area contributed by atoms with Gasteiger partial charge in [-0.1, -0.05) is 194 Å². The highest BCUT2D eigenvalue weighted by molar-refractivity contribution is 7.46. The Kier molecular flexibility index (Phi) is 36.1. The Hall–Kier alpha value is -1.68. The number of hydrogen-bond donors (Lipinski definition) is 7. The van der Waals surface area contributed by atoms with Crippen LogP contribution < -0.4 is 5.32 Å². The van der Waals surface area contributed by atoms with Crippen LogP contribution in [0.2, 0.25) is 0 Å². The lowest BCUT2D eigenvalue weighted by Gasteiger charge is -2.45. The van der Waals surface area contributed by atoms with Crippen LogP contribution in [-0.2, 0) is 37.7 Å². The highest BCUT2D eigenvalue weighted by Crippen LogP contribution is 2.41. The molecule has 378 valence electrons. The van der Waals surface area contributed by atoms with Crippen LogP contribution in [0, 0.1) is 0 Å². The van der Waals surface area contributed by atoms with E-state index in [0.29, 0.717) is 38.5 Å². The number of rotatable bonds is 42. The van der Waals surface area contributed by atoms with Gasteiger partial charge in [-0.2, -0.15) is 0 Å². The van der Waals surface area contributed by atoms with Crippen LogP contribution in [-0.4, -0.2) is 104 Å². The van der Waals surface area contributed by atoms with Crippen molar-refractivity contribution in [1.29, 1.82) is 0 Å². The van der Waals surface area contributed by atoms with Crippen molar-refractivity contribution in [3.63, 3.8) is 0 Å². The number of carbonyl (C=O) groups is 3. The van der Waals surface area contributed by atoms with E-state index >= 15 is 0 Å². The second-order valence-corrected chi connectivity index (χ2v) is 19.4. The van der Waals surface area contributed by atoms with Crippen molar-refractivity contribution in [3.05, 3.63) is 0 Å². The molecule has 7 N–H and O–H groups in total. The third-order valence-corrected chi connectivity index (χ3v) is 12.6. The van der Waals surface area contributed by atoms with Crippen molar-refractivity contribution < 1.29 is 67.9 Å². The van der Waals surface area contributed by atoms with Crippen molar-refractivity contribution in [2.45, 2.75) is 282 Å². The smallest absolute Gasteiger partial charge is 0.456 e. The molecule has 0 aromatic carbocycles. The Morgan fingerprint density at radius 3 is 1.20 bits per heavy atom. The Labute approximate surface area is 386 Å². The molecule has 1 amide bonds. The number of hydrogen-bond acceptors (Lipinski definition) is 12. The lowest BCUT2D eigenvalue weighted by atomic mass is 9.95. The molecule has 0 bridgehead atoms. The molecule has 15 nitrogen and oxygen atoms in total. The highest BCUT2D eigenvalue weighted by atomic mass is 31.2. The normalized spacial score (nSPS) is 20.4. The van der Waals surface area contributed by atoms with Crippen LogP contribution in [0.15, 0.2) is 0 Å². The van der Waals surface area contributed by atoms with Crippen molar-refractivity contribution in [2.24, 2.45) is 0 Å². The zero-order chi connectivity index (χ0) is 47.4. The number of nitrogens with one attached hydrogen (secondary N) is 1. The van der Waals surface area contributed by atoms with Crippen LogP contribution in [0.1, 0.15) is 233 Å². The first-order valence-corrected chi connectivity index (χ1v) is 27.0. The molecule has 1 heterocycles. The summed E-state index contributed by atoms with van der Waals surface area (Å²) >= 11 is 0. The number of carbonyl (C=O) groups excluding carboxylic acids is 3. The van der Waals surface area contributed by atoms with Gasteiger partial charge in [0.25, 0.3) is 0 Å². The first-order valence-electron chi connectivity index (χ1n) is 25.5. The number of ether oxygens (including phenoxy) is 3. The molecule has 1 rings (SSSR count). The van der Waals surface area contributed by atoms with Gasteiger partial charge < -0.3 is 49.7 Å². The standard InChI is InChI=1S/C48H92NO14P/c1-4-7-10-13-16-19-22-25-28-31-38(51)34-42(54)49-45-47(62-44(56)36-40(53)33-30-27-24-21-18-15-12-9-6-3)46(41(37-50)60-48(45)63-64(57,58)59)61-43(55)35-39(52)32-29-26-23-20-17-14-11-8-5-2/h38-41,45-48,50-53H,4-37H2,1-3H3,(H,49,54)(H2,57,58,59)/t38-,39-,40-,41-,45-,46-,47-,48-/m1/s1. The van der Waals surface area contributed by atoms with E-state index in [1.807, 2.05) is 0 Å². The zero-order valence-electron chi connectivity index (χ0n) is 40.1. The molecule has 0 spiro atoms. The number of unbranched alkanes of at least 4 members (excludes halogenated alkanes) is 24. The first-order chi connectivity index (χ1) is 30.7. The van der Waals surface area contributed by atoms with E-state index < -0.39 is 100 Å². The lowest BCUT2D eigenvalue weighted by Crippen LogP contribution is -2.66. The molecular weight excluding hydrogens is 845 g/mol. The van der Waals surface area contributed by atoms with Crippen molar-refractivity contribution in [1.82, 2.24) is 5.32 Å². The molecule has 1 saturated heterocycles. The molecule has 0 aromatic rings. The minimum atomic E-state index is -5.34. The molecule has 0 aliphatic carbocycles. The summed E-state index contributed by atoms with van der Waals surface area (Å²) in [5.41, 5.74) is 0. The maximum absolute atomic E-state index is 13.5. The van der Waals surface area contributed by atoms with Crippen LogP contribution in [0.25, 0.3) is 0 Å². The van der Waals surface area contributed by atoms with E-state index in [9.17, 15) is 49.2 Å². The maximum atomic E-state index is 13.5. The lowest BCUT2D eigenvalue weighted by molar-refractivity contribution is -0.260. The summed E-state index contributed by atoms with van der Waals surface area (Å²) in [7, 11) is -5.34. The van der Waals surface area contributed by atoms with Crippen molar-refractivity contribution >= 4 is 25.7 Å². The molecular formula is C48H92NO14P. The second kappa shape index (κ2) is 38.3. The first kappa shape index (κ1) is 60.3. The zero-order valence-corrected chi connectivity index (χ0v) is 41.0. The van der Waals surface area contributed by atoms with Gasteiger partial charge in [0.1, 0.15) is 12.1 Å². The molecule has 64 heavy (non-hydrogen) atoms. The molecule has 1 aliphatic heterocycles. The number of aliphatic hydroxyl groups excluding tert-OH is 4. The number of aliphatic hydroxyl groups is 4. The summed E-state index contributed by atoms with van der Waals surface area (Å²) in [5.74, 6) is -2.66. The minimum absolute atomic E-state index is 0.314. The van der Waals surface area contributed by atoms with Gasteiger partial charge in [-0.25, -0.2) is 4.57 Å². The van der Waals surface area contributed by atoms with Gasteiger partial charge in [0.15, 0.2) is 18.5 Å². The van der Waals surface area contributed by atoms with Gasteiger partial charge in [0, 0.05) is 0 Å². The number of phosphoric acid groups is 1. The Balaban J connectivity index is 3.09. The fraction of sp³-hybridized carbons (Fsp3) is 0.938. The summed E-state index contributed by atoms with van der Waals surface area (Å²) in [6.45, 7) is 5.65. The molecule has 0 unspecified atom stereocenters. The van der Waals surface area contributed by atoms with E-state index in [2.05, 4.69) is 26.1 Å². The van der Waals surface area contributed by atoms with E-state index in [1.165, 1.54) is 77.0 Å². The Morgan fingerprint density at radius 1 is 0.531 bits per heavy atom.